The number of nitrogens with zero attached hydrogens (tertiary/aromatic N) is 1. The van der Waals surface area contributed by atoms with E-state index in [4.69, 9.17) is 0 Å². The highest BCUT2D eigenvalue weighted by atomic mass is 79.9. The summed E-state index contributed by atoms with van der Waals surface area (Å²) in [5.74, 6) is -0.174. The highest BCUT2D eigenvalue weighted by Crippen LogP contribution is 2.10. The van der Waals surface area contributed by atoms with Gasteiger partial charge >= 0.3 is 0 Å². The van der Waals surface area contributed by atoms with Crippen LogP contribution < -0.4 is 5.43 Å². The molecule has 0 aliphatic heterocycles. The maximum Gasteiger partial charge on any atom is 0.271 e. The summed E-state index contributed by atoms with van der Waals surface area (Å²) in [6.45, 7) is 4.04. The van der Waals surface area contributed by atoms with Crippen LogP contribution in [0.2, 0.25) is 0 Å². The third-order valence-electron chi connectivity index (χ3n) is 2.24. The highest BCUT2D eigenvalue weighted by molar-refractivity contribution is 9.10. The monoisotopic (exact) mass is 282 g/mol. The zero-order valence-electron chi connectivity index (χ0n) is 9.46. The quantitative estimate of drug-likeness (QED) is 0.668. The van der Waals surface area contributed by atoms with E-state index in [9.17, 15) is 4.79 Å². The van der Waals surface area contributed by atoms with Crippen LogP contribution in [0.4, 0.5) is 0 Å². The Hall–Kier alpha value is -1.16. The average Bonchev–Trinajstić information content (AvgIpc) is 2.31. The van der Waals surface area contributed by atoms with Gasteiger partial charge in [-0.15, -0.1) is 0 Å². The summed E-state index contributed by atoms with van der Waals surface area (Å²) in [4.78, 5) is 11.7. The van der Waals surface area contributed by atoms with Gasteiger partial charge in [-0.2, -0.15) is 5.10 Å². The molecule has 4 heteroatoms. The molecule has 0 aliphatic carbocycles. The molecule has 1 N–H and O–H groups in total. The molecule has 0 bridgehead atoms. The normalized spacial score (nSPS) is 9.69. The molecule has 0 atom stereocenters. The van der Waals surface area contributed by atoms with E-state index >= 15 is 0 Å². The molecule has 0 aromatic heterocycles. The van der Waals surface area contributed by atoms with Gasteiger partial charge in [0.15, 0.2) is 0 Å². The van der Waals surface area contributed by atoms with Crippen molar-refractivity contribution in [2.45, 2.75) is 26.7 Å². The summed E-state index contributed by atoms with van der Waals surface area (Å²) in [5, 5.41) is 4.06. The van der Waals surface area contributed by atoms with Crippen LogP contribution in [0.3, 0.4) is 0 Å². The fourth-order valence-corrected chi connectivity index (χ4v) is 1.47. The van der Waals surface area contributed by atoms with E-state index in [1.165, 1.54) is 0 Å². The molecule has 0 saturated carbocycles. The summed E-state index contributed by atoms with van der Waals surface area (Å²) in [6, 6.07) is 7.18. The number of rotatable bonds is 4. The molecular formula is C12H15BrN2O. The van der Waals surface area contributed by atoms with Gasteiger partial charge < -0.3 is 0 Å². The summed E-state index contributed by atoms with van der Waals surface area (Å²) in [6.07, 6.45) is 1.72. The lowest BCUT2D eigenvalue weighted by Gasteiger charge is -2.02. The fraction of sp³-hybridized carbons (Fsp3) is 0.333. The number of carbonyl (C=O) groups excluding carboxylic acids is 1. The Balaban J connectivity index is 2.66. The minimum Gasteiger partial charge on any atom is -0.267 e. The third kappa shape index (κ3) is 3.77. The Kier molecular flexibility index (Phi) is 5.19. The van der Waals surface area contributed by atoms with Gasteiger partial charge in [-0.1, -0.05) is 29.8 Å². The van der Waals surface area contributed by atoms with E-state index in [0.717, 1.165) is 23.0 Å². The minimum absolute atomic E-state index is 0.174. The van der Waals surface area contributed by atoms with Gasteiger partial charge in [-0.3, -0.25) is 4.79 Å². The molecule has 0 aliphatic rings. The summed E-state index contributed by atoms with van der Waals surface area (Å²) in [7, 11) is 0. The number of hydrazone groups is 1. The topological polar surface area (TPSA) is 41.5 Å². The second-order valence-corrected chi connectivity index (χ2v) is 4.25. The van der Waals surface area contributed by atoms with Crippen LogP contribution in [0.25, 0.3) is 0 Å². The van der Waals surface area contributed by atoms with Crippen molar-refractivity contribution in [1.29, 1.82) is 0 Å². The molecule has 0 radical (unpaired) electrons. The molecule has 0 saturated heterocycles. The molecule has 1 aromatic rings. The molecule has 86 valence electrons. The van der Waals surface area contributed by atoms with Crippen LogP contribution in [0, 0.1) is 0 Å². The van der Waals surface area contributed by atoms with Crippen LogP contribution in [-0.4, -0.2) is 11.6 Å². The van der Waals surface area contributed by atoms with Crippen LogP contribution in [-0.2, 0) is 0 Å². The van der Waals surface area contributed by atoms with Crippen molar-refractivity contribution in [3.05, 3.63) is 34.3 Å². The molecule has 0 fully saturated rings. The molecule has 0 heterocycles. The fourth-order valence-electron chi connectivity index (χ4n) is 1.20. The predicted molar refractivity (Wildman–Crippen MR) is 69.6 cm³/mol. The van der Waals surface area contributed by atoms with Crippen molar-refractivity contribution in [1.82, 2.24) is 5.43 Å². The molecule has 0 unspecified atom stereocenters. The van der Waals surface area contributed by atoms with E-state index in [2.05, 4.69) is 26.5 Å². The van der Waals surface area contributed by atoms with Crippen molar-refractivity contribution in [3.8, 4) is 0 Å². The number of halogens is 1. The van der Waals surface area contributed by atoms with Crippen molar-refractivity contribution >= 4 is 27.5 Å². The van der Waals surface area contributed by atoms with Crippen LogP contribution >= 0.6 is 15.9 Å². The van der Waals surface area contributed by atoms with Gasteiger partial charge in [0.2, 0.25) is 0 Å². The van der Waals surface area contributed by atoms with E-state index in [1.807, 2.05) is 26.0 Å². The first kappa shape index (κ1) is 12.9. The van der Waals surface area contributed by atoms with Crippen molar-refractivity contribution in [2.75, 3.05) is 0 Å². The SMILES string of the molecule is CCC(CC)=NNC(=O)c1ccc(Br)cc1. The van der Waals surface area contributed by atoms with Crippen LogP contribution in [0.15, 0.2) is 33.8 Å². The number of nitrogens with one attached hydrogen (secondary N) is 1. The molecule has 0 spiro atoms. The van der Waals surface area contributed by atoms with Crippen molar-refractivity contribution in [2.24, 2.45) is 5.10 Å². The zero-order chi connectivity index (χ0) is 12.0. The Morgan fingerprint density at radius 2 is 1.81 bits per heavy atom. The van der Waals surface area contributed by atoms with Gasteiger partial charge in [-0.05, 0) is 37.1 Å². The lowest BCUT2D eigenvalue weighted by molar-refractivity contribution is 0.0954. The van der Waals surface area contributed by atoms with Gasteiger partial charge in [-0.25, -0.2) is 5.43 Å². The highest BCUT2D eigenvalue weighted by Gasteiger charge is 2.03. The van der Waals surface area contributed by atoms with Gasteiger partial charge in [0.05, 0.1) is 0 Å². The maximum absolute atomic E-state index is 11.7. The Morgan fingerprint density at radius 3 is 2.31 bits per heavy atom. The summed E-state index contributed by atoms with van der Waals surface area (Å²) >= 11 is 3.32. The zero-order valence-corrected chi connectivity index (χ0v) is 11.0. The van der Waals surface area contributed by atoms with Gasteiger partial charge in [0.25, 0.3) is 5.91 Å². The number of hydrogen-bond donors (Lipinski definition) is 1. The van der Waals surface area contributed by atoms with E-state index < -0.39 is 0 Å². The molecule has 3 nitrogen and oxygen atoms in total. The Bertz CT molecular complexity index is 379. The average molecular weight is 283 g/mol. The van der Waals surface area contributed by atoms with Gasteiger partial charge in [0, 0.05) is 15.7 Å². The second-order valence-electron chi connectivity index (χ2n) is 3.33. The first-order valence-corrected chi connectivity index (χ1v) is 6.08. The summed E-state index contributed by atoms with van der Waals surface area (Å²) in [5.41, 5.74) is 4.15. The lowest BCUT2D eigenvalue weighted by Crippen LogP contribution is -2.19. The van der Waals surface area contributed by atoms with E-state index in [0.29, 0.717) is 5.56 Å². The van der Waals surface area contributed by atoms with Gasteiger partial charge in [0.1, 0.15) is 0 Å². The smallest absolute Gasteiger partial charge is 0.267 e. The summed E-state index contributed by atoms with van der Waals surface area (Å²) < 4.78 is 0.954. The molecule has 1 amide bonds. The second kappa shape index (κ2) is 6.43. The number of amides is 1. The Labute approximate surface area is 104 Å². The Morgan fingerprint density at radius 1 is 1.25 bits per heavy atom. The third-order valence-corrected chi connectivity index (χ3v) is 2.77. The molecule has 1 rings (SSSR count). The molecule has 1 aromatic carbocycles. The first-order chi connectivity index (χ1) is 7.67. The molecular weight excluding hydrogens is 268 g/mol. The maximum atomic E-state index is 11.7. The predicted octanol–water partition coefficient (Wildman–Crippen LogP) is 3.35. The lowest BCUT2D eigenvalue weighted by atomic mass is 10.2. The van der Waals surface area contributed by atoms with E-state index in [-0.39, 0.29) is 5.91 Å². The van der Waals surface area contributed by atoms with E-state index in [1.54, 1.807) is 12.1 Å². The minimum atomic E-state index is -0.174. The van der Waals surface area contributed by atoms with Crippen molar-refractivity contribution < 1.29 is 4.79 Å². The molecule has 16 heavy (non-hydrogen) atoms. The van der Waals surface area contributed by atoms with Crippen LogP contribution in [0.5, 0.6) is 0 Å². The number of carbonyl (C=O) groups is 1. The first-order valence-electron chi connectivity index (χ1n) is 5.28. The standard InChI is InChI=1S/C12H15BrN2O/c1-3-11(4-2)14-15-12(16)9-5-7-10(13)8-6-9/h5-8H,3-4H2,1-2H3,(H,15,16). The van der Waals surface area contributed by atoms with Crippen molar-refractivity contribution in [3.63, 3.8) is 0 Å². The van der Waals surface area contributed by atoms with Crippen LogP contribution in [0.1, 0.15) is 37.0 Å². The number of hydrogen-bond acceptors (Lipinski definition) is 2. The number of benzene rings is 1. The largest absolute Gasteiger partial charge is 0.271 e.